The SMILES string of the molecule is Cc1csc(C(=O)C(Cc2ccc(OCc3ccccc3)cc2)=C(C(=O)[O-])c2ccc3nsnc3c2)c1.[Na+]. The monoisotopic (exact) mass is 548 g/mol. The van der Waals surface area contributed by atoms with Gasteiger partial charge in [0, 0.05) is 17.6 Å². The van der Waals surface area contributed by atoms with E-state index >= 15 is 0 Å². The number of thiophene rings is 1. The average molecular weight is 549 g/mol. The van der Waals surface area contributed by atoms with E-state index in [0.717, 1.165) is 28.4 Å². The minimum atomic E-state index is -1.41. The number of aryl methyl sites for hydroxylation is 1. The number of carbonyl (C=O) groups is 2. The van der Waals surface area contributed by atoms with Gasteiger partial charge in [-0.05, 0) is 64.9 Å². The van der Waals surface area contributed by atoms with Gasteiger partial charge in [0.2, 0.25) is 0 Å². The van der Waals surface area contributed by atoms with Crippen LogP contribution in [0.15, 0.2) is 89.8 Å². The van der Waals surface area contributed by atoms with Crippen molar-refractivity contribution in [2.45, 2.75) is 20.0 Å². The van der Waals surface area contributed by atoms with Crippen LogP contribution >= 0.6 is 23.1 Å². The molecule has 2 aromatic heterocycles. The van der Waals surface area contributed by atoms with Crippen LogP contribution in [0, 0.1) is 6.92 Å². The number of carboxylic acids is 1. The molecule has 0 atom stereocenters. The van der Waals surface area contributed by atoms with Gasteiger partial charge in [0.25, 0.3) is 0 Å². The number of ketones is 1. The van der Waals surface area contributed by atoms with Crippen LogP contribution in [-0.4, -0.2) is 20.5 Å². The van der Waals surface area contributed by atoms with Gasteiger partial charge in [-0.2, -0.15) is 8.75 Å². The Hall–Kier alpha value is -3.14. The summed E-state index contributed by atoms with van der Waals surface area (Å²) in [7, 11) is 0. The molecule has 0 amide bonds. The summed E-state index contributed by atoms with van der Waals surface area (Å²) in [5.74, 6) is -1.07. The predicted molar refractivity (Wildman–Crippen MR) is 144 cm³/mol. The smallest absolute Gasteiger partial charge is 0.545 e. The van der Waals surface area contributed by atoms with Gasteiger partial charge in [-0.1, -0.05) is 48.5 Å². The zero-order valence-electron chi connectivity index (χ0n) is 20.8. The number of aromatic nitrogens is 2. The molecule has 5 aromatic rings. The molecule has 0 saturated carbocycles. The number of Topliss-reactive ketones (excluding diaryl/α,β-unsaturated/α-hetero) is 1. The van der Waals surface area contributed by atoms with Crippen molar-refractivity contribution in [1.82, 2.24) is 8.75 Å². The number of nitrogens with zero attached hydrogens (tertiary/aromatic N) is 2. The van der Waals surface area contributed by atoms with E-state index in [1.54, 1.807) is 24.3 Å². The van der Waals surface area contributed by atoms with Crippen molar-refractivity contribution in [1.29, 1.82) is 0 Å². The molecule has 0 aliphatic heterocycles. The Balaban J connectivity index is 0.00000336. The predicted octanol–water partition coefficient (Wildman–Crippen LogP) is 2.27. The molecule has 38 heavy (non-hydrogen) atoms. The van der Waals surface area contributed by atoms with Gasteiger partial charge in [-0.3, -0.25) is 4.79 Å². The first-order chi connectivity index (χ1) is 18.0. The summed E-state index contributed by atoms with van der Waals surface area (Å²) in [6.45, 7) is 2.33. The second-order valence-corrected chi connectivity index (χ2v) is 9.96. The number of aliphatic carboxylic acids is 1. The average Bonchev–Trinajstić information content (AvgIpc) is 3.56. The molecule has 0 saturated heterocycles. The molecular weight excluding hydrogens is 527 g/mol. The number of carboxylic acid groups (broad SMARTS) is 1. The molecule has 5 rings (SSSR count). The maximum Gasteiger partial charge on any atom is 1.00 e. The van der Waals surface area contributed by atoms with Crippen LogP contribution in [-0.2, 0) is 17.8 Å². The first-order valence-electron chi connectivity index (χ1n) is 11.5. The summed E-state index contributed by atoms with van der Waals surface area (Å²) < 4.78 is 14.3. The maximum absolute atomic E-state index is 13.6. The second kappa shape index (κ2) is 12.6. The Morgan fingerprint density at radius 2 is 1.63 bits per heavy atom. The van der Waals surface area contributed by atoms with Crippen molar-refractivity contribution in [3.63, 3.8) is 0 Å². The van der Waals surface area contributed by atoms with Crippen molar-refractivity contribution >= 4 is 51.4 Å². The molecular formula is C29H21N2NaO4S2. The van der Waals surface area contributed by atoms with Crippen molar-refractivity contribution in [3.05, 3.63) is 117 Å². The van der Waals surface area contributed by atoms with Crippen LogP contribution in [0.2, 0.25) is 0 Å². The van der Waals surface area contributed by atoms with E-state index < -0.39 is 5.97 Å². The van der Waals surface area contributed by atoms with E-state index in [2.05, 4.69) is 8.75 Å². The summed E-state index contributed by atoms with van der Waals surface area (Å²) in [6.07, 6.45) is 0.116. The van der Waals surface area contributed by atoms with Crippen LogP contribution in [0.4, 0.5) is 0 Å². The van der Waals surface area contributed by atoms with Crippen LogP contribution < -0.4 is 39.4 Å². The van der Waals surface area contributed by atoms with E-state index in [1.165, 1.54) is 11.3 Å². The van der Waals surface area contributed by atoms with Gasteiger partial charge >= 0.3 is 29.6 Å². The molecule has 3 aromatic carbocycles. The minimum absolute atomic E-state index is 0. The number of carbonyl (C=O) groups excluding carboxylic acids is 2. The fraction of sp³-hybridized carbons (Fsp3) is 0.103. The van der Waals surface area contributed by atoms with Gasteiger partial charge in [0.05, 0.1) is 22.6 Å². The fourth-order valence-electron chi connectivity index (χ4n) is 3.98. The summed E-state index contributed by atoms with van der Waals surface area (Å²) in [4.78, 5) is 26.6. The van der Waals surface area contributed by atoms with Crippen molar-refractivity contribution in [2.75, 3.05) is 0 Å². The molecule has 0 aliphatic rings. The minimum Gasteiger partial charge on any atom is -0.545 e. The molecule has 6 nitrogen and oxygen atoms in total. The number of allylic oxidation sites excluding steroid dienone is 1. The molecule has 2 heterocycles. The molecule has 0 aliphatic carbocycles. The number of ether oxygens (including phenoxy) is 1. The topological polar surface area (TPSA) is 92.2 Å². The van der Waals surface area contributed by atoms with Crippen LogP contribution in [0.3, 0.4) is 0 Å². The zero-order chi connectivity index (χ0) is 25.8. The number of fused-ring (bicyclic) bond motifs is 1. The Labute approximate surface area is 250 Å². The summed E-state index contributed by atoms with van der Waals surface area (Å²) in [5.41, 5.74) is 4.38. The molecule has 0 bridgehead atoms. The quantitative estimate of drug-likeness (QED) is 0.159. The van der Waals surface area contributed by atoms with E-state index in [4.69, 9.17) is 4.74 Å². The van der Waals surface area contributed by atoms with E-state index in [1.807, 2.05) is 66.9 Å². The standard InChI is InChI=1S/C29H22N2O4S2.Na/c1-18-13-26(36-17-18)28(32)23(27(29(33)34)21-9-12-24-25(15-21)31-37-30-24)14-19-7-10-22(11-8-19)35-16-20-5-3-2-4-6-20;/h2-13,15,17H,14,16H2,1H3,(H,33,34);/q;+1/p-1. The van der Waals surface area contributed by atoms with Crippen molar-refractivity contribution < 1.29 is 49.0 Å². The molecule has 184 valence electrons. The fourth-order valence-corrected chi connectivity index (χ4v) is 5.37. The Kier molecular flexibility index (Phi) is 9.25. The summed E-state index contributed by atoms with van der Waals surface area (Å²) in [6, 6.07) is 23.9. The first-order valence-corrected chi connectivity index (χ1v) is 13.1. The summed E-state index contributed by atoms with van der Waals surface area (Å²) in [5, 5.41) is 14.3. The Morgan fingerprint density at radius 1 is 0.895 bits per heavy atom. The molecule has 9 heteroatoms. The van der Waals surface area contributed by atoms with Crippen LogP contribution in [0.1, 0.15) is 31.9 Å². The first kappa shape index (κ1) is 27.9. The number of hydrogen-bond donors (Lipinski definition) is 0. The molecule has 0 spiro atoms. The second-order valence-electron chi connectivity index (χ2n) is 8.52. The third-order valence-corrected chi connectivity index (χ3v) is 7.43. The summed E-state index contributed by atoms with van der Waals surface area (Å²) >= 11 is 2.34. The molecule has 0 N–H and O–H groups in total. The van der Waals surface area contributed by atoms with E-state index in [0.29, 0.717) is 33.8 Å². The largest absolute Gasteiger partial charge is 1.00 e. The zero-order valence-corrected chi connectivity index (χ0v) is 24.5. The Morgan fingerprint density at radius 3 is 2.32 bits per heavy atom. The number of benzene rings is 3. The van der Waals surface area contributed by atoms with Crippen LogP contribution in [0.25, 0.3) is 16.6 Å². The van der Waals surface area contributed by atoms with Gasteiger partial charge < -0.3 is 14.6 Å². The van der Waals surface area contributed by atoms with Gasteiger partial charge in [-0.15, -0.1) is 11.3 Å². The van der Waals surface area contributed by atoms with E-state index in [9.17, 15) is 14.7 Å². The third-order valence-electron chi connectivity index (χ3n) is 5.83. The van der Waals surface area contributed by atoms with Gasteiger partial charge in [-0.25, -0.2) is 0 Å². The number of rotatable bonds is 9. The van der Waals surface area contributed by atoms with Crippen molar-refractivity contribution in [3.8, 4) is 5.75 Å². The van der Waals surface area contributed by atoms with Crippen LogP contribution in [0.5, 0.6) is 5.75 Å². The molecule has 0 fully saturated rings. The molecule has 0 radical (unpaired) electrons. The van der Waals surface area contributed by atoms with Gasteiger partial charge in [0.15, 0.2) is 5.78 Å². The normalized spacial score (nSPS) is 11.5. The van der Waals surface area contributed by atoms with Crippen molar-refractivity contribution in [2.24, 2.45) is 0 Å². The number of hydrogen-bond acceptors (Lipinski definition) is 8. The Bertz CT molecular complexity index is 1610. The molecule has 0 unspecified atom stereocenters. The third kappa shape index (κ3) is 6.46. The maximum atomic E-state index is 13.6. The van der Waals surface area contributed by atoms with E-state index in [-0.39, 0.29) is 52.9 Å². The van der Waals surface area contributed by atoms with Gasteiger partial charge in [0.1, 0.15) is 23.4 Å².